The van der Waals surface area contributed by atoms with Crippen LogP contribution < -0.4 is 10.1 Å². The first-order valence-corrected chi connectivity index (χ1v) is 10.9. The van der Waals surface area contributed by atoms with Gasteiger partial charge >= 0.3 is 0 Å². The van der Waals surface area contributed by atoms with E-state index in [0.717, 1.165) is 28.1 Å². The molecule has 32 heavy (non-hydrogen) atoms. The van der Waals surface area contributed by atoms with Gasteiger partial charge in [0.1, 0.15) is 23.6 Å². The maximum Gasteiger partial charge on any atom is 0.133 e. The van der Waals surface area contributed by atoms with E-state index in [-0.39, 0.29) is 6.10 Å². The first-order valence-electron chi connectivity index (χ1n) is 10.6. The van der Waals surface area contributed by atoms with Crippen LogP contribution in [0.25, 0.3) is 11.3 Å². The zero-order valence-corrected chi connectivity index (χ0v) is 18.7. The van der Waals surface area contributed by atoms with Crippen molar-refractivity contribution in [2.75, 3.05) is 38.3 Å². The Labute approximate surface area is 193 Å². The molecule has 1 saturated heterocycles. The van der Waals surface area contributed by atoms with E-state index in [0.29, 0.717) is 43.9 Å². The topological polar surface area (TPSA) is 52.6 Å². The summed E-state index contributed by atoms with van der Waals surface area (Å²) in [5, 5.41) is 3.67. The molecule has 0 saturated carbocycles. The quantitative estimate of drug-likeness (QED) is 0.426. The van der Waals surface area contributed by atoms with Crippen molar-refractivity contribution >= 4 is 17.3 Å². The van der Waals surface area contributed by atoms with E-state index in [1.54, 1.807) is 6.07 Å². The number of anilines is 1. The Hall–Kier alpha value is -3.04. The molecule has 1 atom stereocenters. The molecule has 0 radical (unpaired) electrons. The van der Waals surface area contributed by atoms with Crippen molar-refractivity contribution in [2.45, 2.75) is 13.0 Å². The van der Waals surface area contributed by atoms with Crippen LogP contribution in [0.15, 0.2) is 60.7 Å². The first kappa shape index (κ1) is 22.2. The molecule has 1 aliphatic heterocycles. The number of halogens is 1. The number of rotatable bonds is 6. The summed E-state index contributed by atoms with van der Waals surface area (Å²) in [5.74, 6) is 7.02. The van der Waals surface area contributed by atoms with Crippen LogP contribution in [-0.4, -0.2) is 44.1 Å². The smallest absolute Gasteiger partial charge is 0.133 e. The van der Waals surface area contributed by atoms with Crippen LogP contribution in [0.3, 0.4) is 0 Å². The molecule has 1 fully saturated rings. The largest absolute Gasteiger partial charge is 0.491 e. The standard InChI is InChI=1S/C26H25ClN2O3/c1-19-14-20(6-5-11-28-21-7-3-2-4-8-21)9-10-24(19)25-15-22(16-26(27)29-25)32-18-23-17-30-12-13-31-23/h2-4,7-10,14-16,23,28H,11-13,17-18H2,1H3/t23-/m1/s1. The molecule has 0 aliphatic carbocycles. The third kappa shape index (κ3) is 6.24. The summed E-state index contributed by atoms with van der Waals surface area (Å²) in [6, 6.07) is 19.7. The van der Waals surface area contributed by atoms with Gasteiger partial charge in [-0.1, -0.05) is 47.7 Å². The van der Waals surface area contributed by atoms with Gasteiger partial charge in [0.2, 0.25) is 0 Å². The maximum atomic E-state index is 6.26. The van der Waals surface area contributed by atoms with Crippen molar-refractivity contribution in [2.24, 2.45) is 0 Å². The molecule has 0 unspecified atom stereocenters. The molecule has 2 aromatic carbocycles. The van der Waals surface area contributed by atoms with Crippen molar-refractivity contribution in [3.05, 3.63) is 76.9 Å². The Morgan fingerprint density at radius 3 is 2.78 bits per heavy atom. The molecule has 3 aromatic rings. The predicted octanol–water partition coefficient (Wildman–Crippen LogP) is 4.97. The SMILES string of the molecule is Cc1cc(C#CCNc2ccccc2)ccc1-c1cc(OC[C@H]2COCCO2)cc(Cl)n1. The molecule has 4 rings (SSSR count). The first-order chi connectivity index (χ1) is 15.7. The van der Waals surface area contributed by atoms with Crippen molar-refractivity contribution in [1.29, 1.82) is 0 Å². The number of benzene rings is 2. The lowest BCUT2D eigenvalue weighted by atomic mass is 10.0. The number of hydrogen-bond donors (Lipinski definition) is 1. The highest BCUT2D eigenvalue weighted by Crippen LogP contribution is 2.28. The average Bonchev–Trinajstić information content (AvgIpc) is 2.82. The second-order valence-electron chi connectivity index (χ2n) is 7.44. The minimum Gasteiger partial charge on any atom is -0.491 e. The number of aromatic nitrogens is 1. The van der Waals surface area contributed by atoms with E-state index in [4.69, 9.17) is 25.8 Å². The Morgan fingerprint density at radius 1 is 1.12 bits per heavy atom. The van der Waals surface area contributed by atoms with Crippen LogP contribution in [0.5, 0.6) is 5.75 Å². The number of ether oxygens (including phenoxy) is 3. The third-order valence-electron chi connectivity index (χ3n) is 4.98. The van der Waals surface area contributed by atoms with Gasteiger partial charge in [-0.15, -0.1) is 0 Å². The van der Waals surface area contributed by atoms with Gasteiger partial charge in [-0.05, 0) is 36.8 Å². The number of pyridine rings is 1. The molecular weight excluding hydrogens is 424 g/mol. The normalized spacial score (nSPS) is 15.5. The molecule has 0 amide bonds. The molecular formula is C26H25ClN2O3. The van der Waals surface area contributed by atoms with Crippen molar-refractivity contribution < 1.29 is 14.2 Å². The third-order valence-corrected chi connectivity index (χ3v) is 5.17. The van der Waals surface area contributed by atoms with E-state index in [2.05, 4.69) is 28.2 Å². The van der Waals surface area contributed by atoms with Crippen LogP contribution in [0.1, 0.15) is 11.1 Å². The molecule has 164 valence electrons. The highest BCUT2D eigenvalue weighted by molar-refractivity contribution is 6.29. The van der Waals surface area contributed by atoms with E-state index < -0.39 is 0 Å². The minimum atomic E-state index is -0.0740. The van der Waals surface area contributed by atoms with Crippen LogP contribution in [-0.2, 0) is 9.47 Å². The summed E-state index contributed by atoms with van der Waals surface area (Å²) < 4.78 is 16.9. The van der Waals surface area contributed by atoms with Gasteiger partial charge in [-0.25, -0.2) is 4.98 Å². The molecule has 1 aliphatic rings. The summed E-state index contributed by atoms with van der Waals surface area (Å²) in [5.41, 5.74) is 4.83. The second-order valence-corrected chi connectivity index (χ2v) is 7.83. The number of nitrogens with zero attached hydrogens (tertiary/aromatic N) is 1. The monoisotopic (exact) mass is 448 g/mol. The fourth-order valence-electron chi connectivity index (χ4n) is 3.39. The lowest BCUT2D eigenvalue weighted by Crippen LogP contribution is -2.33. The Balaban J connectivity index is 1.42. The van der Waals surface area contributed by atoms with E-state index in [9.17, 15) is 0 Å². The minimum absolute atomic E-state index is 0.0740. The lowest BCUT2D eigenvalue weighted by Gasteiger charge is -2.23. The van der Waals surface area contributed by atoms with Crippen LogP contribution >= 0.6 is 11.6 Å². The van der Waals surface area contributed by atoms with Crippen LogP contribution in [0.2, 0.25) is 5.15 Å². The van der Waals surface area contributed by atoms with E-state index in [1.165, 1.54) is 0 Å². The molecule has 2 heterocycles. The number of hydrogen-bond acceptors (Lipinski definition) is 5. The number of aryl methyl sites for hydroxylation is 1. The molecule has 5 nitrogen and oxygen atoms in total. The highest BCUT2D eigenvalue weighted by atomic mass is 35.5. The molecule has 0 bridgehead atoms. The van der Waals surface area contributed by atoms with Gasteiger partial charge < -0.3 is 19.5 Å². The highest BCUT2D eigenvalue weighted by Gasteiger charge is 2.16. The van der Waals surface area contributed by atoms with Crippen molar-refractivity contribution in [3.63, 3.8) is 0 Å². The van der Waals surface area contributed by atoms with Crippen molar-refractivity contribution in [1.82, 2.24) is 4.98 Å². The second kappa shape index (κ2) is 11.0. The molecule has 1 aromatic heterocycles. The zero-order chi connectivity index (χ0) is 22.2. The van der Waals surface area contributed by atoms with Gasteiger partial charge in [0.05, 0.1) is 32.1 Å². The average molecular weight is 449 g/mol. The Kier molecular flexibility index (Phi) is 7.63. The maximum absolute atomic E-state index is 6.26. The van der Waals surface area contributed by atoms with E-state index >= 15 is 0 Å². The summed E-state index contributed by atoms with van der Waals surface area (Å²) in [6.07, 6.45) is -0.0740. The Bertz CT molecular complexity index is 1100. The van der Waals surface area contributed by atoms with Crippen molar-refractivity contribution in [3.8, 4) is 28.8 Å². The Morgan fingerprint density at radius 2 is 2.00 bits per heavy atom. The van der Waals surface area contributed by atoms with Gasteiger partial charge in [0.15, 0.2) is 0 Å². The molecule has 6 heteroatoms. The van der Waals surface area contributed by atoms with Gasteiger partial charge in [-0.2, -0.15) is 0 Å². The fourth-order valence-corrected chi connectivity index (χ4v) is 3.59. The lowest BCUT2D eigenvalue weighted by molar-refractivity contribution is -0.101. The molecule has 0 spiro atoms. The molecule has 1 N–H and O–H groups in total. The van der Waals surface area contributed by atoms with Crippen LogP contribution in [0, 0.1) is 18.8 Å². The summed E-state index contributed by atoms with van der Waals surface area (Å²) in [7, 11) is 0. The predicted molar refractivity (Wildman–Crippen MR) is 127 cm³/mol. The summed E-state index contributed by atoms with van der Waals surface area (Å²) >= 11 is 6.26. The van der Waals surface area contributed by atoms with Gasteiger partial charge in [-0.3, -0.25) is 0 Å². The van der Waals surface area contributed by atoms with Gasteiger partial charge in [0, 0.05) is 28.9 Å². The van der Waals surface area contributed by atoms with Crippen LogP contribution in [0.4, 0.5) is 5.69 Å². The number of nitrogens with one attached hydrogen (secondary N) is 1. The summed E-state index contributed by atoms with van der Waals surface area (Å²) in [4.78, 5) is 4.48. The fraction of sp³-hybridized carbons (Fsp3) is 0.269. The van der Waals surface area contributed by atoms with E-state index in [1.807, 2.05) is 55.5 Å². The van der Waals surface area contributed by atoms with Gasteiger partial charge in [0.25, 0.3) is 0 Å². The summed E-state index contributed by atoms with van der Waals surface area (Å²) in [6.45, 7) is 4.78. The number of para-hydroxylation sites is 1. The zero-order valence-electron chi connectivity index (χ0n) is 17.9.